The molecule has 114 valence electrons. The second kappa shape index (κ2) is 6.23. The van der Waals surface area contributed by atoms with E-state index in [1.807, 2.05) is 0 Å². The van der Waals surface area contributed by atoms with Crippen LogP contribution in [0.1, 0.15) is 24.0 Å². The molecular formula is C20H24N2. The first-order valence-corrected chi connectivity index (χ1v) is 8.44. The van der Waals surface area contributed by atoms with Gasteiger partial charge in [0.15, 0.2) is 0 Å². The van der Waals surface area contributed by atoms with Crippen LogP contribution in [0.2, 0.25) is 0 Å². The minimum absolute atomic E-state index is 0.730. The van der Waals surface area contributed by atoms with Gasteiger partial charge in [-0.05, 0) is 24.0 Å². The van der Waals surface area contributed by atoms with Crippen molar-refractivity contribution in [1.82, 2.24) is 9.80 Å². The zero-order valence-corrected chi connectivity index (χ0v) is 13.1. The molecule has 2 heteroatoms. The molecule has 0 radical (unpaired) electrons. The lowest BCUT2D eigenvalue weighted by molar-refractivity contribution is -0.0293. The van der Waals surface area contributed by atoms with Gasteiger partial charge in [-0.1, -0.05) is 60.7 Å². The van der Waals surface area contributed by atoms with E-state index in [4.69, 9.17) is 0 Å². The molecule has 2 unspecified atom stereocenters. The second-order valence-corrected chi connectivity index (χ2v) is 6.72. The molecule has 3 fully saturated rings. The maximum Gasteiger partial charge on any atom is 0.0237 e. The summed E-state index contributed by atoms with van der Waals surface area (Å²) in [7, 11) is 0. The van der Waals surface area contributed by atoms with Crippen molar-refractivity contribution in [2.24, 2.45) is 0 Å². The highest BCUT2D eigenvalue weighted by molar-refractivity contribution is 5.17. The fraction of sp³-hybridized carbons (Fsp3) is 0.400. The first-order valence-electron chi connectivity index (χ1n) is 8.44. The minimum Gasteiger partial charge on any atom is -0.293 e. The molecule has 5 rings (SSSR count). The highest BCUT2D eigenvalue weighted by atomic mass is 15.3. The van der Waals surface area contributed by atoms with Crippen LogP contribution in [-0.4, -0.2) is 35.0 Å². The van der Waals surface area contributed by atoms with Gasteiger partial charge >= 0.3 is 0 Å². The average Bonchev–Trinajstić information content (AvgIpc) is 2.58. The first kappa shape index (κ1) is 14.0. The number of hydrogen-bond donors (Lipinski definition) is 0. The molecule has 2 aromatic rings. The number of nitrogens with zero attached hydrogens (tertiary/aromatic N) is 2. The van der Waals surface area contributed by atoms with Crippen LogP contribution in [-0.2, 0) is 13.1 Å². The third-order valence-electron chi connectivity index (χ3n) is 5.21. The van der Waals surface area contributed by atoms with Gasteiger partial charge in [-0.15, -0.1) is 0 Å². The highest BCUT2D eigenvalue weighted by Crippen LogP contribution is 2.31. The molecule has 2 bridgehead atoms. The van der Waals surface area contributed by atoms with Crippen molar-refractivity contribution in [2.75, 3.05) is 13.1 Å². The molecule has 2 atom stereocenters. The lowest BCUT2D eigenvalue weighted by atomic mass is 9.90. The molecule has 22 heavy (non-hydrogen) atoms. The number of piperazine rings is 1. The quantitative estimate of drug-likeness (QED) is 0.850. The molecule has 3 saturated heterocycles. The van der Waals surface area contributed by atoms with Gasteiger partial charge in [0.05, 0.1) is 0 Å². The van der Waals surface area contributed by atoms with Crippen LogP contribution < -0.4 is 0 Å². The van der Waals surface area contributed by atoms with E-state index in [1.54, 1.807) is 0 Å². The van der Waals surface area contributed by atoms with Crippen LogP contribution in [0.15, 0.2) is 60.7 Å². The molecule has 0 spiro atoms. The van der Waals surface area contributed by atoms with E-state index < -0.39 is 0 Å². The Labute approximate surface area is 133 Å². The lowest BCUT2D eigenvalue weighted by Gasteiger charge is -2.51. The smallest absolute Gasteiger partial charge is 0.0237 e. The monoisotopic (exact) mass is 292 g/mol. The van der Waals surface area contributed by atoms with Crippen LogP contribution in [0, 0.1) is 0 Å². The van der Waals surface area contributed by atoms with Crippen LogP contribution in [0.3, 0.4) is 0 Å². The molecular weight excluding hydrogens is 268 g/mol. The summed E-state index contributed by atoms with van der Waals surface area (Å²) in [6, 6.07) is 23.3. The van der Waals surface area contributed by atoms with Crippen molar-refractivity contribution in [3.05, 3.63) is 71.8 Å². The van der Waals surface area contributed by atoms with Crippen molar-refractivity contribution in [1.29, 1.82) is 0 Å². The van der Waals surface area contributed by atoms with Gasteiger partial charge < -0.3 is 0 Å². The van der Waals surface area contributed by atoms with Crippen molar-refractivity contribution in [2.45, 2.75) is 38.0 Å². The topological polar surface area (TPSA) is 6.48 Å². The number of benzene rings is 2. The van der Waals surface area contributed by atoms with E-state index in [1.165, 1.54) is 37.1 Å². The van der Waals surface area contributed by atoms with Crippen LogP contribution in [0.5, 0.6) is 0 Å². The summed E-state index contributed by atoms with van der Waals surface area (Å²) in [6.07, 6.45) is 2.73. The largest absolute Gasteiger partial charge is 0.293 e. The Morgan fingerprint density at radius 2 is 1.05 bits per heavy atom. The third kappa shape index (κ3) is 2.94. The Morgan fingerprint density at radius 3 is 1.41 bits per heavy atom. The first-order chi connectivity index (χ1) is 10.9. The fourth-order valence-corrected chi connectivity index (χ4v) is 4.03. The predicted octanol–water partition coefficient (Wildman–Crippen LogP) is 3.54. The summed E-state index contributed by atoms with van der Waals surface area (Å²) in [4.78, 5) is 5.40. The molecule has 3 heterocycles. The Kier molecular flexibility index (Phi) is 3.96. The zero-order valence-electron chi connectivity index (χ0n) is 13.1. The van der Waals surface area contributed by atoms with Gasteiger partial charge in [-0.3, -0.25) is 9.80 Å². The van der Waals surface area contributed by atoms with Gasteiger partial charge in [-0.25, -0.2) is 0 Å². The molecule has 0 aliphatic carbocycles. The lowest BCUT2D eigenvalue weighted by Crippen LogP contribution is -2.61. The van der Waals surface area contributed by atoms with Gasteiger partial charge in [-0.2, -0.15) is 0 Å². The molecule has 2 aromatic carbocycles. The fourth-order valence-electron chi connectivity index (χ4n) is 4.03. The Morgan fingerprint density at radius 1 is 0.636 bits per heavy atom. The number of rotatable bonds is 4. The molecule has 0 aromatic heterocycles. The summed E-state index contributed by atoms with van der Waals surface area (Å²) in [6.45, 7) is 4.68. The molecule has 0 N–H and O–H groups in total. The summed E-state index contributed by atoms with van der Waals surface area (Å²) in [5.41, 5.74) is 2.90. The highest BCUT2D eigenvalue weighted by Gasteiger charge is 2.38. The minimum atomic E-state index is 0.730. The molecule has 0 amide bonds. The maximum absolute atomic E-state index is 2.70. The van der Waals surface area contributed by atoms with E-state index in [-0.39, 0.29) is 0 Å². The third-order valence-corrected chi connectivity index (χ3v) is 5.21. The summed E-state index contributed by atoms with van der Waals surface area (Å²) in [5.74, 6) is 0. The summed E-state index contributed by atoms with van der Waals surface area (Å²) >= 11 is 0. The van der Waals surface area contributed by atoms with E-state index in [0.717, 1.165) is 25.2 Å². The van der Waals surface area contributed by atoms with Crippen molar-refractivity contribution in [3.63, 3.8) is 0 Å². The molecule has 3 aliphatic rings. The predicted molar refractivity (Wildman–Crippen MR) is 90.5 cm³/mol. The normalized spacial score (nSPS) is 25.5. The van der Waals surface area contributed by atoms with Gasteiger partial charge in [0.2, 0.25) is 0 Å². The molecule has 3 aliphatic heterocycles. The Balaban J connectivity index is 1.41. The SMILES string of the molecule is c1ccc(CN2CC3CCC2CN3Cc2ccccc2)cc1. The Bertz CT molecular complexity index is 540. The Hall–Kier alpha value is -1.64. The molecule has 0 saturated carbocycles. The van der Waals surface area contributed by atoms with Gasteiger partial charge in [0.25, 0.3) is 0 Å². The van der Waals surface area contributed by atoms with Crippen molar-refractivity contribution >= 4 is 0 Å². The van der Waals surface area contributed by atoms with Crippen molar-refractivity contribution < 1.29 is 0 Å². The molecule has 2 nitrogen and oxygen atoms in total. The van der Waals surface area contributed by atoms with Crippen LogP contribution in [0.4, 0.5) is 0 Å². The standard InChI is InChI=1S/C20H24N2/c1-3-7-17(8-4-1)13-21-15-20-12-11-19(21)16-22(20)14-18-9-5-2-6-10-18/h1-10,19-20H,11-16H2. The number of piperidine rings is 2. The maximum atomic E-state index is 2.70. The average molecular weight is 292 g/mol. The van der Waals surface area contributed by atoms with E-state index in [0.29, 0.717) is 0 Å². The summed E-state index contributed by atoms with van der Waals surface area (Å²) in [5, 5.41) is 0. The van der Waals surface area contributed by atoms with Crippen LogP contribution in [0.25, 0.3) is 0 Å². The van der Waals surface area contributed by atoms with Crippen molar-refractivity contribution in [3.8, 4) is 0 Å². The van der Waals surface area contributed by atoms with E-state index >= 15 is 0 Å². The van der Waals surface area contributed by atoms with Crippen LogP contribution >= 0.6 is 0 Å². The van der Waals surface area contributed by atoms with E-state index in [9.17, 15) is 0 Å². The number of hydrogen-bond acceptors (Lipinski definition) is 2. The zero-order chi connectivity index (χ0) is 14.8. The van der Waals surface area contributed by atoms with Gasteiger partial charge in [0.1, 0.15) is 0 Å². The van der Waals surface area contributed by atoms with Gasteiger partial charge in [0, 0.05) is 38.3 Å². The number of fused-ring (bicyclic) bond motifs is 3. The second-order valence-electron chi connectivity index (χ2n) is 6.72. The van der Waals surface area contributed by atoms with E-state index in [2.05, 4.69) is 70.5 Å². The summed E-state index contributed by atoms with van der Waals surface area (Å²) < 4.78 is 0.